The van der Waals surface area contributed by atoms with Crippen LogP contribution in [0.4, 0.5) is 0 Å². The lowest BCUT2D eigenvalue weighted by Gasteiger charge is -2.18. The highest BCUT2D eigenvalue weighted by Crippen LogP contribution is 2.14. The van der Waals surface area contributed by atoms with Gasteiger partial charge < -0.3 is 15.4 Å². The van der Waals surface area contributed by atoms with Gasteiger partial charge in [0.25, 0.3) is 5.91 Å². The van der Waals surface area contributed by atoms with Crippen molar-refractivity contribution in [2.45, 2.75) is 17.4 Å². The minimum atomic E-state index is -0.265. The second-order valence-corrected chi connectivity index (χ2v) is 6.70. The molecule has 138 valence electrons. The van der Waals surface area contributed by atoms with Crippen LogP contribution in [0.3, 0.4) is 0 Å². The molecule has 0 heterocycles. The van der Waals surface area contributed by atoms with Crippen molar-refractivity contribution in [1.82, 2.24) is 10.6 Å². The van der Waals surface area contributed by atoms with E-state index in [9.17, 15) is 9.59 Å². The molecule has 6 heteroatoms. The van der Waals surface area contributed by atoms with Gasteiger partial charge in [-0.3, -0.25) is 9.59 Å². The molecule has 2 N–H and O–H groups in total. The topological polar surface area (TPSA) is 67.4 Å². The minimum Gasteiger partial charge on any atom is -0.383 e. The van der Waals surface area contributed by atoms with E-state index in [0.29, 0.717) is 18.6 Å². The Morgan fingerprint density at radius 1 is 1.08 bits per heavy atom. The van der Waals surface area contributed by atoms with Gasteiger partial charge in [0.15, 0.2) is 0 Å². The van der Waals surface area contributed by atoms with Gasteiger partial charge in [-0.05, 0) is 42.5 Å². The van der Waals surface area contributed by atoms with Gasteiger partial charge in [-0.2, -0.15) is 0 Å². The molecule has 2 aromatic rings. The van der Waals surface area contributed by atoms with Gasteiger partial charge in [-0.25, -0.2) is 0 Å². The standard InChI is InChI=1S/C20H24N2O3S/c1-25-14-17(12-15-6-4-3-5-7-15)22-19(23)13-21-20(24)16-8-10-18(26-2)11-9-16/h3-11,17H,12-14H2,1-2H3,(H,21,24)(H,22,23)/t17-/m0/s1. The predicted molar refractivity (Wildman–Crippen MR) is 105 cm³/mol. The van der Waals surface area contributed by atoms with E-state index in [-0.39, 0.29) is 24.4 Å². The fourth-order valence-electron chi connectivity index (χ4n) is 2.54. The molecule has 0 aliphatic heterocycles. The van der Waals surface area contributed by atoms with Gasteiger partial charge in [0.05, 0.1) is 19.2 Å². The van der Waals surface area contributed by atoms with Crippen LogP contribution in [0.1, 0.15) is 15.9 Å². The van der Waals surface area contributed by atoms with Gasteiger partial charge in [-0.15, -0.1) is 11.8 Å². The molecule has 2 amide bonds. The number of rotatable bonds is 9. The zero-order chi connectivity index (χ0) is 18.8. The maximum Gasteiger partial charge on any atom is 0.251 e. The molecule has 0 spiro atoms. The number of thioether (sulfide) groups is 1. The lowest BCUT2D eigenvalue weighted by Crippen LogP contribution is -2.44. The first-order valence-electron chi connectivity index (χ1n) is 8.37. The van der Waals surface area contributed by atoms with Crippen molar-refractivity contribution >= 4 is 23.6 Å². The van der Waals surface area contributed by atoms with Crippen LogP contribution in [0.15, 0.2) is 59.5 Å². The van der Waals surface area contributed by atoms with E-state index in [2.05, 4.69) is 10.6 Å². The zero-order valence-electron chi connectivity index (χ0n) is 15.0. The quantitative estimate of drug-likeness (QED) is 0.664. The van der Waals surface area contributed by atoms with Crippen LogP contribution in [0.25, 0.3) is 0 Å². The molecular formula is C20H24N2O3S. The summed E-state index contributed by atoms with van der Waals surface area (Å²) in [6, 6.07) is 17.0. The summed E-state index contributed by atoms with van der Waals surface area (Å²) in [6.07, 6.45) is 2.65. The van der Waals surface area contributed by atoms with E-state index >= 15 is 0 Å². The van der Waals surface area contributed by atoms with Gasteiger partial charge in [0.1, 0.15) is 0 Å². The first kappa shape index (κ1) is 20.0. The van der Waals surface area contributed by atoms with Crippen molar-refractivity contribution < 1.29 is 14.3 Å². The summed E-state index contributed by atoms with van der Waals surface area (Å²) in [4.78, 5) is 25.4. The highest BCUT2D eigenvalue weighted by molar-refractivity contribution is 7.98. The largest absolute Gasteiger partial charge is 0.383 e. The number of amides is 2. The maximum atomic E-state index is 12.2. The molecule has 5 nitrogen and oxygen atoms in total. The summed E-state index contributed by atoms with van der Waals surface area (Å²) in [5.41, 5.74) is 1.65. The average molecular weight is 372 g/mol. The number of hydrogen-bond acceptors (Lipinski definition) is 4. The molecule has 1 atom stereocenters. The number of benzene rings is 2. The third-order valence-corrected chi connectivity index (χ3v) is 4.56. The van der Waals surface area contributed by atoms with Gasteiger partial charge in [-0.1, -0.05) is 30.3 Å². The Kier molecular flexibility index (Phi) is 8.18. The molecule has 0 unspecified atom stereocenters. The first-order chi connectivity index (χ1) is 12.6. The van der Waals surface area contributed by atoms with Gasteiger partial charge >= 0.3 is 0 Å². The molecule has 0 aliphatic carbocycles. The first-order valence-corrected chi connectivity index (χ1v) is 9.59. The van der Waals surface area contributed by atoms with Crippen molar-refractivity contribution in [1.29, 1.82) is 0 Å². The Labute approximate surface area is 158 Å². The Hall–Kier alpha value is -2.31. The summed E-state index contributed by atoms with van der Waals surface area (Å²) in [6.45, 7) is 0.336. The maximum absolute atomic E-state index is 12.2. The number of carbonyl (C=O) groups is 2. The second-order valence-electron chi connectivity index (χ2n) is 5.82. The number of methoxy groups -OCH3 is 1. The van der Waals surface area contributed by atoms with Crippen molar-refractivity contribution in [3.63, 3.8) is 0 Å². The summed E-state index contributed by atoms with van der Waals surface area (Å²) in [7, 11) is 1.60. The smallest absolute Gasteiger partial charge is 0.251 e. The Balaban J connectivity index is 1.83. The molecule has 0 radical (unpaired) electrons. The Bertz CT molecular complexity index is 705. The number of carbonyl (C=O) groups excluding carboxylic acids is 2. The molecule has 26 heavy (non-hydrogen) atoms. The van der Waals surface area contributed by atoms with Crippen LogP contribution < -0.4 is 10.6 Å². The van der Waals surface area contributed by atoms with Crippen LogP contribution in [-0.2, 0) is 16.0 Å². The zero-order valence-corrected chi connectivity index (χ0v) is 15.8. The van der Waals surface area contributed by atoms with Crippen LogP contribution in [0.2, 0.25) is 0 Å². The average Bonchev–Trinajstić information content (AvgIpc) is 2.67. The van der Waals surface area contributed by atoms with E-state index in [1.807, 2.05) is 48.7 Å². The van der Waals surface area contributed by atoms with Crippen molar-refractivity contribution in [3.8, 4) is 0 Å². The fourth-order valence-corrected chi connectivity index (χ4v) is 2.94. The number of nitrogens with one attached hydrogen (secondary N) is 2. The van der Waals surface area contributed by atoms with E-state index < -0.39 is 0 Å². The van der Waals surface area contributed by atoms with E-state index in [1.54, 1.807) is 31.0 Å². The Morgan fingerprint density at radius 3 is 2.38 bits per heavy atom. The highest BCUT2D eigenvalue weighted by Gasteiger charge is 2.14. The predicted octanol–water partition coefficient (Wildman–Crippen LogP) is 2.51. The molecule has 0 fully saturated rings. The number of hydrogen-bond donors (Lipinski definition) is 2. The lowest BCUT2D eigenvalue weighted by molar-refractivity contribution is -0.121. The van der Waals surface area contributed by atoms with E-state index in [4.69, 9.17) is 4.74 Å². The van der Waals surface area contributed by atoms with Crippen LogP contribution in [-0.4, -0.2) is 44.4 Å². The molecular weight excluding hydrogens is 348 g/mol. The summed E-state index contributed by atoms with van der Waals surface area (Å²) in [5.74, 6) is -0.504. The molecule has 2 aromatic carbocycles. The molecule has 2 rings (SSSR count). The second kappa shape index (κ2) is 10.6. The number of ether oxygens (including phenoxy) is 1. The lowest BCUT2D eigenvalue weighted by atomic mass is 10.1. The van der Waals surface area contributed by atoms with Crippen LogP contribution in [0, 0.1) is 0 Å². The van der Waals surface area contributed by atoms with E-state index in [1.165, 1.54) is 0 Å². The van der Waals surface area contributed by atoms with Gasteiger partial charge in [0.2, 0.25) is 5.91 Å². The van der Waals surface area contributed by atoms with Crippen molar-refractivity contribution in [2.75, 3.05) is 26.5 Å². The van der Waals surface area contributed by atoms with Crippen LogP contribution >= 0.6 is 11.8 Å². The molecule has 0 aromatic heterocycles. The normalized spacial score (nSPS) is 11.6. The summed E-state index contributed by atoms with van der Waals surface area (Å²) in [5, 5.41) is 5.56. The molecule has 0 bridgehead atoms. The minimum absolute atomic E-state index is 0.0713. The SMILES string of the molecule is COC[C@H](Cc1ccccc1)NC(=O)CNC(=O)c1ccc(SC)cc1. The monoisotopic (exact) mass is 372 g/mol. The highest BCUT2D eigenvalue weighted by atomic mass is 32.2. The van der Waals surface area contributed by atoms with Gasteiger partial charge in [0, 0.05) is 17.6 Å². The fraction of sp³-hybridized carbons (Fsp3) is 0.300. The molecule has 0 aliphatic rings. The van der Waals surface area contributed by atoms with E-state index in [0.717, 1.165) is 10.5 Å². The molecule has 0 saturated carbocycles. The van der Waals surface area contributed by atoms with Crippen molar-refractivity contribution in [2.24, 2.45) is 0 Å². The third-order valence-electron chi connectivity index (χ3n) is 3.82. The van der Waals surface area contributed by atoms with Crippen molar-refractivity contribution in [3.05, 3.63) is 65.7 Å². The molecule has 0 saturated heterocycles. The third kappa shape index (κ3) is 6.54. The summed E-state index contributed by atoms with van der Waals surface area (Å²) >= 11 is 1.61. The summed E-state index contributed by atoms with van der Waals surface area (Å²) < 4.78 is 5.19. The Morgan fingerprint density at radius 2 is 1.77 bits per heavy atom. The van der Waals surface area contributed by atoms with Crippen LogP contribution in [0.5, 0.6) is 0 Å².